The van der Waals surface area contributed by atoms with Crippen LogP contribution in [0.3, 0.4) is 0 Å². The predicted molar refractivity (Wildman–Crippen MR) is 105 cm³/mol. The van der Waals surface area contributed by atoms with E-state index in [2.05, 4.69) is 39.3 Å². The van der Waals surface area contributed by atoms with Crippen LogP contribution in [-0.2, 0) is 9.59 Å². The average molecular weight is 361 g/mol. The summed E-state index contributed by atoms with van der Waals surface area (Å²) in [5.41, 5.74) is 2.45. The molecule has 0 aromatic rings. The quantitative estimate of drug-likeness (QED) is 0.643. The first-order valence-corrected chi connectivity index (χ1v) is 16.6. The molecule has 0 bridgehead atoms. The van der Waals surface area contributed by atoms with Crippen LogP contribution in [0.2, 0.25) is 39.3 Å². The molecule has 2 atom stereocenters. The molecule has 0 unspecified atom stereocenters. The van der Waals surface area contributed by atoms with Crippen molar-refractivity contribution in [2.45, 2.75) is 77.8 Å². The topological polar surface area (TPSA) is 34.1 Å². The van der Waals surface area contributed by atoms with Crippen molar-refractivity contribution in [3.63, 3.8) is 0 Å². The molecule has 4 heteroatoms. The zero-order chi connectivity index (χ0) is 17.9. The van der Waals surface area contributed by atoms with Gasteiger partial charge in [-0.1, -0.05) is 49.7 Å². The summed E-state index contributed by atoms with van der Waals surface area (Å²) < 4.78 is 0. The van der Waals surface area contributed by atoms with Gasteiger partial charge < -0.3 is 0 Å². The molecule has 0 N–H and O–H groups in total. The van der Waals surface area contributed by atoms with Crippen molar-refractivity contribution in [1.82, 2.24) is 0 Å². The number of Topliss-reactive ketones (excluding diaryl/α,β-unsaturated/α-hetero) is 2. The second-order valence-corrected chi connectivity index (χ2v) is 20.0. The minimum absolute atomic E-state index is 0.108. The van der Waals surface area contributed by atoms with Crippen molar-refractivity contribution >= 4 is 27.7 Å². The molecule has 0 aromatic heterocycles. The van der Waals surface area contributed by atoms with Crippen LogP contribution < -0.4 is 0 Å². The monoisotopic (exact) mass is 360 g/mol. The van der Waals surface area contributed by atoms with Gasteiger partial charge in [-0.2, -0.15) is 0 Å². The number of fused-ring (bicyclic) bond motifs is 2. The van der Waals surface area contributed by atoms with Crippen molar-refractivity contribution < 1.29 is 9.59 Å². The fourth-order valence-electron chi connectivity index (χ4n) is 5.37. The average Bonchev–Trinajstić information content (AvgIpc) is 2.43. The van der Waals surface area contributed by atoms with E-state index < -0.39 is 16.1 Å². The lowest BCUT2D eigenvalue weighted by molar-refractivity contribution is -0.124. The molecule has 24 heavy (non-hydrogen) atoms. The lowest BCUT2D eigenvalue weighted by atomic mass is 9.69. The maximum atomic E-state index is 13.0. The summed E-state index contributed by atoms with van der Waals surface area (Å²) in [7, 11) is -3.29. The molecule has 2 nitrogen and oxygen atoms in total. The zero-order valence-corrected chi connectivity index (χ0v) is 18.2. The Kier molecular flexibility index (Phi) is 4.44. The maximum absolute atomic E-state index is 13.0. The summed E-state index contributed by atoms with van der Waals surface area (Å²) in [5.74, 6) is 1.28. The van der Waals surface area contributed by atoms with Gasteiger partial charge in [-0.15, -0.1) is 0 Å². The van der Waals surface area contributed by atoms with Crippen LogP contribution in [-0.4, -0.2) is 27.7 Å². The van der Waals surface area contributed by atoms with Gasteiger partial charge in [0.2, 0.25) is 0 Å². The van der Waals surface area contributed by atoms with Crippen LogP contribution in [0.4, 0.5) is 0 Å². The molecule has 0 radical (unpaired) electrons. The largest absolute Gasteiger partial charge is 0.299 e. The molecular weight excluding hydrogens is 328 g/mol. The van der Waals surface area contributed by atoms with E-state index in [4.69, 9.17) is 0 Å². The second-order valence-electron chi connectivity index (χ2n) is 9.90. The smallest absolute Gasteiger partial charge is 0.162 e. The number of carbonyl (C=O) groups excluding carboxylic acids is 2. The van der Waals surface area contributed by atoms with Crippen LogP contribution in [0.15, 0.2) is 21.5 Å². The number of hydrogen-bond acceptors (Lipinski definition) is 2. The van der Waals surface area contributed by atoms with Crippen LogP contribution in [0.5, 0.6) is 0 Å². The summed E-state index contributed by atoms with van der Waals surface area (Å²) in [4.78, 5) is 26.0. The second kappa shape index (κ2) is 5.91. The Hall–Kier alpha value is -0.746. The van der Waals surface area contributed by atoms with Crippen LogP contribution in [0.25, 0.3) is 0 Å². The number of carbonyl (C=O) groups is 2. The van der Waals surface area contributed by atoms with Gasteiger partial charge in [-0.25, -0.2) is 0 Å². The Morgan fingerprint density at radius 2 is 1.42 bits per heavy atom. The third kappa shape index (κ3) is 2.86. The molecule has 132 valence electrons. The highest BCUT2D eigenvalue weighted by Gasteiger charge is 2.50. The van der Waals surface area contributed by atoms with Gasteiger partial charge in [-0.3, -0.25) is 9.59 Å². The van der Waals surface area contributed by atoms with Crippen molar-refractivity contribution in [1.29, 1.82) is 0 Å². The summed E-state index contributed by atoms with van der Waals surface area (Å²) >= 11 is 0. The molecular formula is C20H32O2Si2. The van der Waals surface area contributed by atoms with Crippen LogP contribution in [0.1, 0.15) is 38.5 Å². The van der Waals surface area contributed by atoms with E-state index >= 15 is 0 Å². The fourth-order valence-corrected chi connectivity index (χ4v) is 10.3. The number of ketones is 2. The first kappa shape index (κ1) is 18.1. The Labute approximate surface area is 148 Å². The van der Waals surface area contributed by atoms with Gasteiger partial charge in [0.25, 0.3) is 0 Å². The molecule has 2 fully saturated rings. The van der Waals surface area contributed by atoms with Gasteiger partial charge in [0.15, 0.2) is 5.78 Å². The minimum Gasteiger partial charge on any atom is -0.299 e. The fraction of sp³-hybridized carbons (Fsp3) is 0.700. The molecule has 3 aliphatic carbocycles. The van der Waals surface area contributed by atoms with E-state index in [0.29, 0.717) is 23.9 Å². The first-order valence-electron chi connectivity index (χ1n) is 9.58. The third-order valence-electron chi connectivity index (χ3n) is 5.99. The van der Waals surface area contributed by atoms with Crippen LogP contribution >= 0.6 is 0 Å². The normalized spacial score (nSPS) is 28.9. The highest BCUT2D eigenvalue weighted by Crippen LogP contribution is 2.52. The van der Waals surface area contributed by atoms with Crippen LogP contribution in [0, 0.1) is 11.8 Å². The van der Waals surface area contributed by atoms with Gasteiger partial charge in [0.05, 0.1) is 16.1 Å². The molecule has 0 spiro atoms. The lowest BCUT2D eigenvalue weighted by Crippen LogP contribution is -2.48. The summed E-state index contributed by atoms with van der Waals surface area (Å²) in [5, 5.41) is 2.89. The summed E-state index contributed by atoms with van der Waals surface area (Å²) in [6.45, 7) is 14.2. The van der Waals surface area contributed by atoms with E-state index in [0.717, 1.165) is 37.7 Å². The Morgan fingerprint density at radius 1 is 0.792 bits per heavy atom. The maximum Gasteiger partial charge on any atom is 0.162 e. The molecule has 0 heterocycles. The van der Waals surface area contributed by atoms with Crippen molar-refractivity contribution in [3.05, 3.63) is 21.5 Å². The van der Waals surface area contributed by atoms with E-state index in [1.54, 1.807) is 0 Å². The standard InChI is InChI=1S/C20H32O2Si2/c1-23(2,3)19-13-9-7-12-16(22)18(13)20(24(4,5)6)14-10-8-11-15(21)17(14)19/h13,18H,7-12H2,1-6H3/t13-,18-/m1/s1. The third-order valence-corrected chi connectivity index (χ3v) is 10.5. The number of hydrogen-bond donors (Lipinski definition) is 0. The van der Waals surface area contributed by atoms with Crippen molar-refractivity contribution in [2.75, 3.05) is 0 Å². The molecule has 0 amide bonds. The highest BCUT2D eigenvalue weighted by molar-refractivity contribution is 6.85. The predicted octanol–water partition coefficient (Wildman–Crippen LogP) is 5.09. The molecule has 3 rings (SSSR count). The zero-order valence-electron chi connectivity index (χ0n) is 16.2. The van der Waals surface area contributed by atoms with Gasteiger partial charge in [0.1, 0.15) is 5.78 Å². The number of allylic oxidation sites excluding steroid dienone is 4. The van der Waals surface area contributed by atoms with Gasteiger partial charge >= 0.3 is 0 Å². The van der Waals surface area contributed by atoms with Gasteiger partial charge in [-0.05, 0) is 37.2 Å². The van der Waals surface area contributed by atoms with E-state index in [-0.39, 0.29) is 5.92 Å². The highest BCUT2D eigenvalue weighted by atomic mass is 28.3. The van der Waals surface area contributed by atoms with E-state index in [1.807, 2.05) is 0 Å². The molecule has 0 saturated heterocycles. The SMILES string of the molecule is C[Si](C)(C)C1=C2CCCC(=O)C2=C([Si](C)(C)C)[C@@H]2CCCC(=O)[C@H]12. The Bertz CT molecular complexity index is 656. The number of rotatable bonds is 2. The summed E-state index contributed by atoms with van der Waals surface area (Å²) in [6.07, 6.45) is 5.54. The van der Waals surface area contributed by atoms with E-state index in [1.165, 1.54) is 16.0 Å². The van der Waals surface area contributed by atoms with Gasteiger partial charge in [0, 0.05) is 24.3 Å². The Balaban J connectivity index is 2.35. The molecule has 3 aliphatic rings. The van der Waals surface area contributed by atoms with Crippen molar-refractivity contribution in [3.8, 4) is 0 Å². The Morgan fingerprint density at radius 3 is 2.00 bits per heavy atom. The summed E-state index contributed by atoms with van der Waals surface area (Å²) in [6, 6.07) is 0. The minimum atomic E-state index is -1.65. The van der Waals surface area contributed by atoms with Crippen molar-refractivity contribution in [2.24, 2.45) is 11.8 Å². The molecule has 2 saturated carbocycles. The molecule has 0 aromatic carbocycles. The van der Waals surface area contributed by atoms with E-state index in [9.17, 15) is 9.59 Å². The molecule has 0 aliphatic heterocycles. The first-order chi connectivity index (χ1) is 11.0. The lowest BCUT2D eigenvalue weighted by Gasteiger charge is -2.48.